The molecule has 0 aliphatic heterocycles. The van der Waals surface area contributed by atoms with Crippen LogP contribution in [-0.2, 0) is 38.3 Å². The maximum Gasteiger partial charge on any atom is 0.408 e. The number of H-pyrrole nitrogens is 3. The molecule has 12 heteroatoms. The summed E-state index contributed by atoms with van der Waals surface area (Å²) >= 11 is 0. The van der Waals surface area contributed by atoms with Crippen LogP contribution in [0.3, 0.4) is 0 Å². The fraction of sp³-hybridized carbons (Fsp3) is 0.176. The summed E-state index contributed by atoms with van der Waals surface area (Å²) in [5, 5.41) is 12.0. The van der Waals surface area contributed by atoms with E-state index in [0.717, 1.165) is 72.0 Å². The molecule has 0 unspecified atom stereocenters. The zero-order chi connectivity index (χ0) is 59.0. The van der Waals surface area contributed by atoms with Gasteiger partial charge < -0.3 is 35.1 Å². The van der Waals surface area contributed by atoms with E-state index in [-0.39, 0.29) is 30.9 Å². The van der Waals surface area contributed by atoms with E-state index in [4.69, 9.17) is 14.5 Å². The number of esters is 1. The van der Waals surface area contributed by atoms with Gasteiger partial charge in [0.25, 0.3) is 0 Å². The third-order valence-electron chi connectivity index (χ3n) is 15.8. The summed E-state index contributed by atoms with van der Waals surface area (Å²) < 4.78 is 11.6. The van der Waals surface area contributed by atoms with Crippen LogP contribution in [0.1, 0.15) is 84.7 Å². The Kier molecular flexibility index (Phi) is 16.5. The Labute approximate surface area is 500 Å². The Bertz CT molecular complexity index is 4290. The number of nitrogens with zero attached hydrogens (tertiary/aromatic N) is 2. The monoisotopic (exact) mass is 1130 g/mol. The first-order chi connectivity index (χ1) is 41.9. The van der Waals surface area contributed by atoms with E-state index < -0.39 is 29.6 Å². The van der Waals surface area contributed by atoms with Crippen molar-refractivity contribution < 1.29 is 23.9 Å². The first-order valence-electron chi connectivity index (χ1n) is 29.3. The predicted molar refractivity (Wildman–Crippen MR) is 341 cm³/mol. The average molecular weight is 1130 g/mol. The number of hydrogen-bond acceptors (Lipinski definition) is 7. The van der Waals surface area contributed by atoms with Gasteiger partial charge >= 0.3 is 12.1 Å². The van der Waals surface area contributed by atoms with Gasteiger partial charge in [-0.05, 0) is 111 Å². The highest BCUT2D eigenvalue weighted by atomic mass is 16.6. The van der Waals surface area contributed by atoms with Crippen molar-refractivity contribution in [3.05, 3.63) is 276 Å². The van der Waals surface area contributed by atoms with E-state index in [1.165, 1.54) is 21.9 Å². The van der Waals surface area contributed by atoms with Crippen LogP contribution in [0.2, 0.25) is 0 Å². The summed E-state index contributed by atoms with van der Waals surface area (Å²) in [6.45, 7) is 5.76. The molecular formula is C74H67N7O5. The lowest BCUT2D eigenvalue weighted by molar-refractivity contribution is -0.147. The number of benzene rings is 9. The number of carbonyl (C=O) groups excluding carboxylic acids is 3. The first kappa shape index (κ1) is 56.2. The molecule has 5 N–H and O–H groups in total. The Morgan fingerprint density at radius 1 is 0.535 bits per heavy atom. The maximum atomic E-state index is 14.6. The molecule has 12 aromatic rings. The summed E-state index contributed by atoms with van der Waals surface area (Å²) in [5.41, 5.74) is 12.0. The number of aromatic nitrogens is 5. The van der Waals surface area contributed by atoms with Gasteiger partial charge in [-0.25, -0.2) is 14.8 Å². The van der Waals surface area contributed by atoms with Crippen LogP contribution in [0, 0.1) is 5.92 Å². The number of hydrogen-bond donors (Lipinski definition) is 5. The molecule has 1 aliphatic rings. The topological polar surface area (TPSA) is 167 Å². The minimum absolute atomic E-state index is 0.0682. The molecule has 2 amide bonds. The number of fused-ring (bicyclic) bond motifs is 6. The Morgan fingerprint density at radius 2 is 1.02 bits per heavy atom. The molecule has 0 saturated carbocycles. The van der Waals surface area contributed by atoms with Gasteiger partial charge in [-0.3, -0.25) is 9.59 Å². The summed E-state index contributed by atoms with van der Waals surface area (Å²) in [6, 6.07) is 73.0. The van der Waals surface area contributed by atoms with Crippen LogP contribution in [0.4, 0.5) is 4.79 Å². The fourth-order valence-electron chi connectivity index (χ4n) is 11.6. The van der Waals surface area contributed by atoms with Gasteiger partial charge in [-0.15, -0.1) is 0 Å². The number of amides is 2. The molecule has 86 heavy (non-hydrogen) atoms. The molecule has 9 aromatic carbocycles. The molecule has 0 bridgehead atoms. The first-order valence-corrected chi connectivity index (χ1v) is 29.3. The Balaban J connectivity index is 0.000000198. The lowest BCUT2D eigenvalue weighted by Gasteiger charge is -2.23. The molecule has 0 saturated heterocycles. The van der Waals surface area contributed by atoms with Gasteiger partial charge in [0.1, 0.15) is 23.9 Å². The highest BCUT2D eigenvalue weighted by molar-refractivity contribution is 5.88. The number of aromatic amines is 3. The van der Waals surface area contributed by atoms with Crippen molar-refractivity contribution in [3.63, 3.8) is 0 Å². The maximum absolute atomic E-state index is 14.6. The summed E-state index contributed by atoms with van der Waals surface area (Å²) in [7, 11) is 0. The molecule has 0 radical (unpaired) electrons. The second kappa shape index (κ2) is 25.3. The van der Waals surface area contributed by atoms with Gasteiger partial charge in [0.15, 0.2) is 0 Å². The van der Waals surface area contributed by atoms with E-state index in [2.05, 4.69) is 115 Å². The van der Waals surface area contributed by atoms with Gasteiger partial charge in [-0.1, -0.05) is 212 Å². The lowest BCUT2D eigenvalue weighted by Crippen LogP contribution is -2.37. The zero-order valence-electron chi connectivity index (χ0n) is 48.3. The summed E-state index contributed by atoms with van der Waals surface area (Å²) in [6.07, 6.45) is 6.46. The average Bonchev–Trinajstić information content (AvgIpc) is 3.31. The van der Waals surface area contributed by atoms with Crippen LogP contribution < -0.4 is 10.6 Å². The molecule has 12 nitrogen and oxygen atoms in total. The van der Waals surface area contributed by atoms with Crippen LogP contribution in [0.5, 0.6) is 0 Å². The number of rotatable bonds is 17. The van der Waals surface area contributed by atoms with Crippen molar-refractivity contribution in [2.24, 2.45) is 5.92 Å². The molecule has 428 valence electrons. The van der Waals surface area contributed by atoms with Gasteiger partial charge in [0.2, 0.25) is 5.91 Å². The summed E-state index contributed by atoms with van der Waals surface area (Å²) in [4.78, 5) is 60.6. The molecule has 0 spiro atoms. The molecule has 0 fully saturated rings. The van der Waals surface area contributed by atoms with Crippen molar-refractivity contribution >= 4 is 50.4 Å². The molecule has 1 aliphatic carbocycles. The SMILES string of the molecule is CC(C)(C)OC(=O)N[C@H](Cc1ccc2ccccc2c1)c1ncc(-c2ccccc2)[nH]1.O=C(C[C@H](Cc1c[nH]c2ccccc12)C(=O)N[C@H](Cc1ccc2ccccc2c1)c1ncc(-c2ccccc2)[nH]1)OCC1c2ccccc2-c2ccccc21. The predicted octanol–water partition coefficient (Wildman–Crippen LogP) is 15.8. The second-order valence-corrected chi connectivity index (χ2v) is 23.0. The van der Waals surface area contributed by atoms with Crippen molar-refractivity contribution in [2.75, 3.05) is 6.61 Å². The van der Waals surface area contributed by atoms with E-state index in [0.29, 0.717) is 30.9 Å². The largest absolute Gasteiger partial charge is 0.465 e. The molecule has 13 rings (SSSR count). The van der Waals surface area contributed by atoms with Crippen molar-refractivity contribution in [1.82, 2.24) is 35.6 Å². The van der Waals surface area contributed by atoms with Crippen molar-refractivity contribution in [3.8, 4) is 33.6 Å². The number of ether oxygens (including phenoxy) is 2. The van der Waals surface area contributed by atoms with Crippen molar-refractivity contribution in [1.29, 1.82) is 0 Å². The van der Waals surface area contributed by atoms with E-state index in [9.17, 15) is 14.4 Å². The lowest BCUT2D eigenvalue weighted by atomic mass is 9.93. The normalized spacial score (nSPS) is 13.0. The fourth-order valence-corrected chi connectivity index (χ4v) is 11.6. The molecule has 3 atom stereocenters. The minimum Gasteiger partial charge on any atom is -0.465 e. The molecule has 3 aromatic heterocycles. The van der Waals surface area contributed by atoms with Crippen LogP contribution in [0.25, 0.3) is 66.1 Å². The van der Waals surface area contributed by atoms with Gasteiger partial charge in [0.05, 0.1) is 48.2 Å². The van der Waals surface area contributed by atoms with Crippen molar-refractivity contribution in [2.45, 2.75) is 70.1 Å². The minimum atomic E-state index is -0.697. The number of alkyl carbamates (subject to hydrolysis) is 1. The van der Waals surface area contributed by atoms with Crippen LogP contribution in [0.15, 0.2) is 237 Å². The number of carbonyl (C=O) groups is 3. The highest BCUT2D eigenvalue weighted by Crippen LogP contribution is 2.44. The summed E-state index contributed by atoms with van der Waals surface area (Å²) in [5.74, 6) is -0.0661. The number of para-hydroxylation sites is 1. The third kappa shape index (κ3) is 13.2. The van der Waals surface area contributed by atoms with E-state index >= 15 is 0 Å². The van der Waals surface area contributed by atoms with Crippen LogP contribution >= 0.6 is 0 Å². The number of nitrogens with one attached hydrogen (secondary N) is 5. The zero-order valence-corrected chi connectivity index (χ0v) is 48.3. The highest BCUT2D eigenvalue weighted by Gasteiger charge is 2.32. The number of imidazole rings is 2. The van der Waals surface area contributed by atoms with Crippen LogP contribution in [-0.4, -0.2) is 55.1 Å². The van der Waals surface area contributed by atoms with E-state index in [1.54, 1.807) is 6.20 Å². The second-order valence-electron chi connectivity index (χ2n) is 23.0. The van der Waals surface area contributed by atoms with E-state index in [1.807, 2.05) is 167 Å². The smallest absolute Gasteiger partial charge is 0.408 e. The van der Waals surface area contributed by atoms with Gasteiger partial charge in [0, 0.05) is 29.4 Å². The Hall–Kier alpha value is -10.3. The Morgan fingerprint density at radius 3 is 1.58 bits per heavy atom. The quantitative estimate of drug-likeness (QED) is 0.0566. The molecule has 3 heterocycles. The third-order valence-corrected chi connectivity index (χ3v) is 15.8. The standard InChI is InChI=1S/C48H40N4O3.C26H27N3O2/c53-46(55-30-42-40-19-8-6-17-38(40)39-18-7-9-20-41(39)42)27-35(26-36-28-49-43-21-11-10-16-37(36)43)48(54)52-44(25-31-22-23-32-12-4-5-15-34(32)24-31)47-50-29-45(51-47)33-13-2-1-3-14-33;1-26(2,3)31-25(30)29-22(16-18-13-14-19-9-7-8-12-21(19)15-18)24-27-17-23(28-24)20-10-5-4-6-11-20/h1-24,28-29,35,42,44,49H,25-27,30H2,(H,50,51)(H,52,54);4-15,17,22H,16H2,1-3H3,(H,27,28)(H,29,30)/t35-,44+;22-/m01/s1. The molecular weight excluding hydrogens is 1070 g/mol. The van der Waals surface area contributed by atoms with Gasteiger partial charge in [-0.2, -0.15) is 0 Å².